The number of hydrogen-bond donors (Lipinski definition) is 2. The minimum absolute atomic E-state index is 0.0434. The van der Waals surface area contributed by atoms with E-state index in [1.165, 1.54) is 17.7 Å². The summed E-state index contributed by atoms with van der Waals surface area (Å²) in [6.07, 6.45) is 5.12. The van der Waals surface area contributed by atoms with E-state index >= 15 is 0 Å². The van der Waals surface area contributed by atoms with E-state index in [2.05, 4.69) is 28.0 Å². The average Bonchev–Trinajstić information content (AvgIpc) is 2.78. The fourth-order valence-electron chi connectivity index (χ4n) is 5.07. The minimum atomic E-state index is -4.71. The molecule has 2 aromatic rings. The normalized spacial score (nSPS) is 19.8. The van der Waals surface area contributed by atoms with Gasteiger partial charge in [0.1, 0.15) is 5.75 Å². The van der Waals surface area contributed by atoms with Gasteiger partial charge < -0.3 is 15.2 Å². The third-order valence-corrected chi connectivity index (χ3v) is 7.30. The van der Waals surface area contributed by atoms with Gasteiger partial charge in [0, 0.05) is 18.4 Å². The number of hydrogen-bond acceptors (Lipinski definition) is 5. The fraction of sp³-hybridized carbons (Fsp3) is 0.448. The van der Waals surface area contributed by atoms with Crippen molar-refractivity contribution < 1.29 is 27.8 Å². The number of halogens is 3. The highest BCUT2D eigenvalue weighted by atomic mass is 19.4. The molecule has 0 bridgehead atoms. The summed E-state index contributed by atoms with van der Waals surface area (Å²) in [5.41, 5.74) is 6.68. The number of ketones is 1. The van der Waals surface area contributed by atoms with Gasteiger partial charge in [0.15, 0.2) is 5.78 Å². The molecule has 8 heteroatoms. The second-order valence-corrected chi connectivity index (χ2v) is 9.72. The van der Waals surface area contributed by atoms with Crippen molar-refractivity contribution in [2.75, 3.05) is 18.5 Å². The van der Waals surface area contributed by atoms with Gasteiger partial charge in [0.25, 0.3) is 0 Å². The number of carbonyl (C=O) groups excluding carboxylic acids is 1. The van der Waals surface area contributed by atoms with Crippen molar-refractivity contribution in [2.24, 2.45) is 10.9 Å². The molecule has 3 aliphatic rings. The Morgan fingerprint density at radius 2 is 1.92 bits per heavy atom. The number of fused-ring (bicyclic) bond motifs is 1. The van der Waals surface area contributed by atoms with E-state index in [4.69, 9.17) is 0 Å². The number of allylic oxidation sites excluding steroid dienone is 2. The number of aliphatic hydroxyl groups excluding tert-OH is 1. The first-order valence-corrected chi connectivity index (χ1v) is 12.8. The predicted molar refractivity (Wildman–Crippen MR) is 140 cm³/mol. The van der Waals surface area contributed by atoms with E-state index in [1.807, 2.05) is 12.3 Å². The molecule has 1 fully saturated rings. The number of ether oxygens (including phenoxy) is 1. The van der Waals surface area contributed by atoms with Crippen molar-refractivity contribution >= 4 is 23.4 Å². The third-order valence-electron chi connectivity index (χ3n) is 7.30. The molecule has 198 valence electrons. The zero-order valence-corrected chi connectivity index (χ0v) is 21.2. The molecule has 0 spiro atoms. The molecule has 1 aliphatic heterocycles. The largest absolute Gasteiger partial charge is 0.573 e. The molecular formula is C29H33F3N2O3. The molecule has 37 heavy (non-hydrogen) atoms. The minimum Gasteiger partial charge on any atom is -0.406 e. The van der Waals surface area contributed by atoms with Crippen molar-refractivity contribution in [2.45, 2.75) is 64.7 Å². The van der Waals surface area contributed by atoms with Gasteiger partial charge in [-0.3, -0.25) is 9.79 Å². The molecule has 0 saturated heterocycles. The van der Waals surface area contributed by atoms with E-state index < -0.39 is 6.36 Å². The van der Waals surface area contributed by atoms with Crippen molar-refractivity contribution in [3.8, 4) is 16.9 Å². The molecule has 0 amide bonds. The summed E-state index contributed by atoms with van der Waals surface area (Å²) in [7, 11) is 0. The summed E-state index contributed by atoms with van der Waals surface area (Å²) < 4.78 is 41.5. The molecule has 5 nitrogen and oxygen atoms in total. The van der Waals surface area contributed by atoms with Crippen LogP contribution >= 0.6 is 0 Å². The van der Waals surface area contributed by atoms with Gasteiger partial charge in [-0.25, -0.2) is 0 Å². The molecule has 1 heterocycles. The molecule has 0 radical (unpaired) electrons. The summed E-state index contributed by atoms with van der Waals surface area (Å²) in [5.74, 6) is 1.14. The SMILES string of the molecule is CC(=O)C1=CCC1.CCC1CC(c2cc(-c3ccc(OC(F)(F)F)cc3)c3c(c2CCO)N=CCN3)C1. The van der Waals surface area contributed by atoms with Gasteiger partial charge in [-0.1, -0.05) is 31.6 Å². The molecule has 0 unspecified atom stereocenters. The fourth-order valence-corrected chi connectivity index (χ4v) is 5.07. The third kappa shape index (κ3) is 6.42. The molecule has 2 aliphatic carbocycles. The van der Waals surface area contributed by atoms with Crippen LogP contribution in [0.2, 0.25) is 0 Å². The highest BCUT2D eigenvalue weighted by molar-refractivity contribution is 5.94. The number of nitrogens with one attached hydrogen (secondary N) is 1. The van der Waals surface area contributed by atoms with Crippen LogP contribution in [0.1, 0.15) is 63.0 Å². The molecule has 2 N–H and O–H groups in total. The standard InChI is InChI=1S/C23H25F3N2O2.C6H8O/c1-2-14-11-16(12-14)19-13-20(15-3-5-17(6-4-15)30-23(24,25)26)22-21(18(19)7-10-29)27-8-9-28-22;1-5(7)6-3-2-4-6/h3-6,8,13-14,16,28-29H,2,7,9-12H2,1H3;3H,2,4H2,1H3. The number of rotatable bonds is 7. The van der Waals surface area contributed by atoms with E-state index in [1.54, 1.807) is 19.1 Å². The summed E-state index contributed by atoms with van der Waals surface area (Å²) in [5, 5.41) is 13.0. The van der Waals surface area contributed by atoms with E-state index in [9.17, 15) is 23.1 Å². The van der Waals surface area contributed by atoms with Gasteiger partial charge >= 0.3 is 6.36 Å². The molecule has 0 atom stereocenters. The number of anilines is 1. The summed E-state index contributed by atoms with van der Waals surface area (Å²) >= 11 is 0. The zero-order chi connectivity index (χ0) is 26.6. The number of benzene rings is 2. The first-order chi connectivity index (χ1) is 17.7. The lowest BCUT2D eigenvalue weighted by atomic mass is 9.68. The number of carbonyl (C=O) groups is 1. The maximum Gasteiger partial charge on any atom is 0.573 e. The first-order valence-electron chi connectivity index (χ1n) is 12.8. The number of nitrogens with zero attached hydrogens (tertiary/aromatic N) is 1. The summed E-state index contributed by atoms with van der Waals surface area (Å²) in [6.45, 7) is 4.44. The van der Waals surface area contributed by atoms with Crippen LogP contribution in [0.5, 0.6) is 5.75 Å². The Balaban J connectivity index is 0.000000396. The van der Waals surface area contributed by atoms with Crippen LogP contribution in [0.4, 0.5) is 24.5 Å². The average molecular weight is 515 g/mol. The first kappa shape index (κ1) is 26.9. The Bertz CT molecular complexity index is 1180. The van der Waals surface area contributed by atoms with Crippen LogP contribution in [0.3, 0.4) is 0 Å². The molecular weight excluding hydrogens is 481 g/mol. The van der Waals surface area contributed by atoms with E-state index in [0.717, 1.165) is 71.7 Å². The molecule has 5 rings (SSSR count). The van der Waals surface area contributed by atoms with Crippen molar-refractivity contribution in [1.82, 2.24) is 0 Å². The van der Waals surface area contributed by atoms with Gasteiger partial charge in [-0.05, 0) is 91.3 Å². The highest BCUT2D eigenvalue weighted by Crippen LogP contribution is 2.50. The quantitative estimate of drug-likeness (QED) is 0.413. The predicted octanol–water partition coefficient (Wildman–Crippen LogP) is 7.11. The van der Waals surface area contributed by atoms with Crippen LogP contribution in [0.15, 0.2) is 47.0 Å². The van der Waals surface area contributed by atoms with E-state index in [-0.39, 0.29) is 18.1 Å². The number of aliphatic imine (C=N–C) groups is 1. The van der Waals surface area contributed by atoms with E-state index in [0.29, 0.717) is 18.9 Å². The lowest BCUT2D eigenvalue weighted by Crippen LogP contribution is -2.23. The van der Waals surface area contributed by atoms with Crippen LogP contribution in [0.25, 0.3) is 11.1 Å². The summed E-state index contributed by atoms with van der Waals surface area (Å²) in [4.78, 5) is 15.0. The number of alkyl halides is 3. The monoisotopic (exact) mass is 514 g/mol. The van der Waals surface area contributed by atoms with Crippen LogP contribution in [-0.4, -0.2) is 36.6 Å². The van der Waals surface area contributed by atoms with Crippen LogP contribution in [-0.2, 0) is 11.2 Å². The van der Waals surface area contributed by atoms with Crippen LogP contribution < -0.4 is 10.1 Å². The van der Waals surface area contributed by atoms with Crippen molar-refractivity contribution in [3.63, 3.8) is 0 Å². The van der Waals surface area contributed by atoms with Gasteiger partial charge in [0.2, 0.25) is 0 Å². The Morgan fingerprint density at radius 1 is 1.22 bits per heavy atom. The summed E-state index contributed by atoms with van der Waals surface area (Å²) in [6, 6.07) is 8.08. The zero-order valence-electron chi connectivity index (χ0n) is 21.2. The Hall–Kier alpha value is -3.13. The lowest BCUT2D eigenvalue weighted by molar-refractivity contribution is -0.274. The highest BCUT2D eigenvalue weighted by Gasteiger charge is 2.33. The van der Waals surface area contributed by atoms with Gasteiger partial charge in [0.05, 0.1) is 17.9 Å². The maximum absolute atomic E-state index is 12.5. The van der Waals surface area contributed by atoms with Crippen molar-refractivity contribution in [3.05, 3.63) is 53.1 Å². The molecule has 2 aromatic carbocycles. The second-order valence-electron chi connectivity index (χ2n) is 9.72. The van der Waals surface area contributed by atoms with Gasteiger partial charge in [-0.2, -0.15) is 0 Å². The van der Waals surface area contributed by atoms with Crippen molar-refractivity contribution in [1.29, 1.82) is 0 Å². The smallest absolute Gasteiger partial charge is 0.406 e. The Morgan fingerprint density at radius 3 is 2.43 bits per heavy atom. The number of Topliss-reactive ketones (excluding diaryl/α,β-unsaturated/α-hetero) is 1. The number of aliphatic hydroxyl groups is 1. The Labute approximate surface area is 215 Å². The Kier molecular flexibility index (Phi) is 8.37. The maximum atomic E-state index is 12.5. The second kappa shape index (κ2) is 11.5. The van der Waals surface area contributed by atoms with Crippen LogP contribution in [0, 0.1) is 5.92 Å². The topological polar surface area (TPSA) is 70.9 Å². The van der Waals surface area contributed by atoms with Gasteiger partial charge in [-0.15, -0.1) is 13.2 Å². The molecule has 1 saturated carbocycles. The molecule has 0 aromatic heterocycles. The lowest BCUT2D eigenvalue weighted by Gasteiger charge is -2.37.